The van der Waals surface area contributed by atoms with Gasteiger partial charge in [-0.05, 0) is 30.5 Å². The molecule has 2 aromatic rings. The van der Waals surface area contributed by atoms with Crippen molar-refractivity contribution in [3.8, 4) is 5.69 Å². The molecule has 1 atom stereocenters. The van der Waals surface area contributed by atoms with Crippen LogP contribution < -0.4 is 5.32 Å². The van der Waals surface area contributed by atoms with E-state index >= 15 is 0 Å². The third-order valence-electron chi connectivity index (χ3n) is 2.38. The summed E-state index contributed by atoms with van der Waals surface area (Å²) in [5.74, 6) is -0.148. The Bertz CT molecular complexity index is 490. The molecule has 2 aromatic heterocycles. The lowest BCUT2D eigenvalue weighted by Gasteiger charge is -2.11. The fraction of sp³-hybridized carbons (Fsp3) is 0.250. The number of thiophene rings is 1. The molecule has 0 fully saturated rings. The van der Waals surface area contributed by atoms with E-state index in [0.29, 0.717) is 4.88 Å². The van der Waals surface area contributed by atoms with Gasteiger partial charge in [-0.25, -0.2) is 0 Å². The number of nitrogens with one attached hydrogen (secondary N) is 1. The highest BCUT2D eigenvalue weighted by molar-refractivity contribution is 7.12. The van der Waals surface area contributed by atoms with Gasteiger partial charge in [-0.15, -0.1) is 11.3 Å². The summed E-state index contributed by atoms with van der Waals surface area (Å²) in [6.45, 7) is 1.71. The van der Waals surface area contributed by atoms with E-state index in [1.807, 2.05) is 40.5 Å². The van der Waals surface area contributed by atoms with Crippen molar-refractivity contribution in [3.63, 3.8) is 0 Å². The Morgan fingerprint density at radius 3 is 2.88 bits per heavy atom. The molecular weight excluding hydrogens is 236 g/mol. The van der Waals surface area contributed by atoms with Crippen molar-refractivity contribution in [1.82, 2.24) is 9.88 Å². The molecule has 2 heterocycles. The van der Waals surface area contributed by atoms with Crippen LogP contribution >= 0.6 is 11.3 Å². The number of nitrogens with zero attached hydrogens (tertiary/aromatic N) is 1. The van der Waals surface area contributed by atoms with Crippen LogP contribution in [0.15, 0.2) is 36.0 Å². The molecule has 2 rings (SSSR count). The SMILES string of the molecule is C[C@H](CO)NC(=O)c1sccc1-n1cccc1. The number of hydrogen-bond donors (Lipinski definition) is 2. The van der Waals surface area contributed by atoms with Crippen molar-refractivity contribution in [3.05, 3.63) is 40.8 Å². The largest absolute Gasteiger partial charge is 0.394 e. The zero-order valence-corrected chi connectivity index (χ0v) is 10.3. The quantitative estimate of drug-likeness (QED) is 0.867. The van der Waals surface area contributed by atoms with Crippen molar-refractivity contribution < 1.29 is 9.90 Å². The van der Waals surface area contributed by atoms with Gasteiger partial charge in [0.05, 0.1) is 12.3 Å². The summed E-state index contributed by atoms with van der Waals surface area (Å²) >= 11 is 1.39. The molecule has 90 valence electrons. The van der Waals surface area contributed by atoms with E-state index in [1.54, 1.807) is 6.92 Å². The maximum Gasteiger partial charge on any atom is 0.263 e. The second-order valence-corrected chi connectivity index (χ2v) is 4.70. The molecule has 5 heteroatoms. The summed E-state index contributed by atoms with van der Waals surface area (Å²) in [5.41, 5.74) is 0.864. The average Bonchev–Trinajstić information content (AvgIpc) is 2.98. The third kappa shape index (κ3) is 2.57. The van der Waals surface area contributed by atoms with Gasteiger partial charge in [0.1, 0.15) is 4.88 Å². The van der Waals surface area contributed by atoms with E-state index in [-0.39, 0.29) is 18.6 Å². The van der Waals surface area contributed by atoms with Gasteiger partial charge in [-0.3, -0.25) is 4.79 Å². The van der Waals surface area contributed by atoms with Crippen molar-refractivity contribution in [2.45, 2.75) is 13.0 Å². The first kappa shape index (κ1) is 11.9. The smallest absolute Gasteiger partial charge is 0.263 e. The summed E-state index contributed by atoms with van der Waals surface area (Å²) in [4.78, 5) is 12.6. The lowest BCUT2D eigenvalue weighted by atomic mass is 10.3. The predicted octanol–water partition coefficient (Wildman–Crippen LogP) is 1.65. The second kappa shape index (κ2) is 5.16. The molecule has 4 nitrogen and oxygen atoms in total. The zero-order chi connectivity index (χ0) is 12.3. The Morgan fingerprint density at radius 1 is 1.53 bits per heavy atom. The number of aromatic nitrogens is 1. The second-order valence-electron chi connectivity index (χ2n) is 3.78. The van der Waals surface area contributed by atoms with Gasteiger partial charge in [0.15, 0.2) is 0 Å². The normalized spacial score (nSPS) is 12.4. The number of rotatable bonds is 4. The number of amides is 1. The van der Waals surface area contributed by atoms with Gasteiger partial charge in [0.2, 0.25) is 0 Å². The van der Waals surface area contributed by atoms with Crippen LogP contribution in [0.3, 0.4) is 0 Å². The molecule has 0 aliphatic rings. The van der Waals surface area contributed by atoms with Gasteiger partial charge in [0.25, 0.3) is 5.91 Å². The Morgan fingerprint density at radius 2 is 2.24 bits per heavy atom. The molecule has 0 radical (unpaired) electrons. The van der Waals surface area contributed by atoms with E-state index in [4.69, 9.17) is 5.11 Å². The van der Waals surface area contributed by atoms with Crippen LogP contribution in [0, 0.1) is 0 Å². The maximum absolute atomic E-state index is 12.0. The summed E-state index contributed by atoms with van der Waals surface area (Å²) < 4.78 is 1.90. The number of carbonyl (C=O) groups excluding carboxylic acids is 1. The minimum absolute atomic E-state index is 0.0596. The van der Waals surface area contributed by atoms with E-state index in [0.717, 1.165) is 5.69 Å². The number of aliphatic hydroxyl groups is 1. The lowest BCUT2D eigenvalue weighted by molar-refractivity contribution is 0.0926. The van der Waals surface area contributed by atoms with Crippen LogP contribution in [0.2, 0.25) is 0 Å². The Hall–Kier alpha value is -1.59. The molecule has 0 spiro atoms. The fourth-order valence-corrected chi connectivity index (χ4v) is 2.30. The highest BCUT2D eigenvalue weighted by Gasteiger charge is 2.15. The van der Waals surface area contributed by atoms with Crippen molar-refractivity contribution in [2.24, 2.45) is 0 Å². The van der Waals surface area contributed by atoms with Crippen LogP contribution in [0.1, 0.15) is 16.6 Å². The van der Waals surface area contributed by atoms with E-state index in [1.165, 1.54) is 11.3 Å². The third-order valence-corrected chi connectivity index (χ3v) is 3.29. The fourth-order valence-electron chi connectivity index (χ4n) is 1.51. The minimum atomic E-state index is -0.234. The van der Waals surface area contributed by atoms with E-state index in [2.05, 4.69) is 5.32 Å². The molecule has 17 heavy (non-hydrogen) atoms. The van der Waals surface area contributed by atoms with Crippen molar-refractivity contribution >= 4 is 17.2 Å². The molecule has 0 aromatic carbocycles. The molecular formula is C12H14N2O2S. The summed E-state index contributed by atoms with van der Waals surface area (Å²) in [6, 6.07) is 5.50. The van der Waals surface area contributed by atoms with Crippen LogP contribution in [0.4, 0.5) is 0 Å². The predicted molar refractivity (Wildman–Crippen MR) is 67.7 cm³/mol. The van der Waals surface area contributed by atoms with Crippen LogP contribution in [0.25, 0.3) is 5.69 Å². The topological polar surface area (TPSA) is 54.3 Å². The Kier molecular flexibility index (Phi) is 3.61. The van der Waals surface area contributed by atoms with Gasteiger partial charge in [0, 0.05) is 18.4 Å². The highest BCUT2D eigenvalue weighted by atomic mass is 32.1. The monoisotopic (exact) mass is 250 g/mol. The molecule has 0 aliphatic heterocycles. The van der Waals surface area contributed by atoms with Crippen LogP contribution in [0.5, 0.6) is 0 Å². The van der Waals surface area contributed by atoms with Gasteiger partial charge in [-0.2, -0.15) is 0 Å². The minimum Gasteiger partial charge on any atom is -0.394 e. The molecule has 0 aliphatic carbocycles. The maximum atomic E-state index is 12.0. The first-order chi connectivity index (χ1) is 8.22. The van der Waals surface area contributed by atoms with E-state index in [9.17, 15) is 4.79 Å². The van der Waals surface area contributed by atoms with Crippen molar-refractivity contribution in [2.75, 3.05) is 6.61 Å². The van der Waals surface area contributed by atoms with Gasteiger partial charge < -0.3 is 15.0 Å². The Balaban J connectivity index is 2.22. The summed E-state index contributed by atoms with van der Waals surface area (Å²) in [5, 5.41) is 13.5. The number of hydrogen-bond acceptors (Lipinski definition) is 3. The molecule has 2 N–H and O–H groups in total. The molecule has 0 saturated heterocycles. The number of carbonyl (C=O) groups is 1. The van der Waals surface area contributed by atoms with Crippen LogP contribution in [-0.2, 0) is 0 Å². The average molecular weight is 250 g/mol. The standard InChI is InChI=1S/C12H14N2O2S/c1-9(8-15)13-12(16)11-10(4-7-17-11)14-5-2-3-6-14/h2-7,9,15H,8H2,1H3,(H,13,16)/t9-/m1/s1. The summed E-state index contributed by atoms with van der Waals surface area (Å²) in [6.07, 6.45) is 3.79. The molecule has 0 bridgehead atoms. The van der Waals surface area contributed by atoms with Gasteiger partial charge in [-0.1, -0.05) is 0 Å². The van der Waals surface area contributed by atoms with Crippen molar-refractivity contribution in [1.29, 1.82) is 0 Å². The molecule has 1 amide bonds. The first-order valence-electron chi connectivity index (χ1n) is 5.35. The molecule has 0 unspecified atom stereocenters. The summed E-state index contributed by atoms with van der Waals surface area (Å²) in [7, 11) is 0. The molecule has 0 saturated carbocycles. The lowest BCUT2D eigenvalue weighted by Crippen LogP contribution is -2.34. The van der Waals surface area contributed by atoms with Crippen LogP contribution in [-0.4, -0.2) is 28.2 Å². The zero-order valence-electron chi connectivity index (χ0n) is 9.46. The van der Waals surface area contributed by atoms with Gasteiger partial charge >= 0.3 is 0 Å². The Labute approximate surface area is 104 Å². The number of aliphatic hydroxyl groups excluding tert-OH is 1. The highest BCUT2D eigenvalue weighted by Crippen LogP contribution is 2.21. The van der Waals surface area contributed by atoms with E-state index < -0.39 is 0 Å². The first-order valence-corrected chi connectivity index (χ1v) is 6.23.